The van der Waals surface area contributed by atoms with Crippen molar-refractivity contribution in [3.63, 3.8) is 0 Å². The largest absolute Gasteiger partial charge is 0.481 e. The number of esters is 3. The lowest BCUT2D eigenvalue weighted by Crippen LogP contribution is -2.47. The highest BCUT2D eigenvalue weighted by Gasteiger charge is 2.56. The molecule has 8 bridgehead atoms. The molecule has 1 aliphatic carbocycles. The van der Waals surface area contributed by atoms with Crippen LogP contribution in [0.15, 0.2) is 43.0 Å². The van der Waals surface area contributed by atoms with Crippen molar-refractivity contribution in [1.82, 2.24) is 19.9 Å². The summed E-state index contributed by atoms with van der Waals surface area (Å²) in [4.78, 5) is 69.6. The summed E-state index contributed by atoms with van der Waals surface area (Å²) in [5.41, 5.74) is 8.54. The number of carbonyl (C=O) groups is 4. The van der Waals surface area contributed by atoms with Crippen LogP contribution in [0.2, 0.25) is 0 Å². The van der Waals surface area contributed by atoms with Crippen molar-refractivity contribution in [3.8, 4) is 0 Å². The fraction of sp³-hybridized carbons (Fsp3) is 0.478. The molecule has 3 aromatic heterocycles. The Morgan fingerprint density at radius 3 is 2.00 bits per heavy atom. The number of carboxylic acids is 1. The first kappa shape index (κ1) is 44.9. The Morgan fingerprint density at radius 1 is 0.836 bits per heavy atom. The molecular weight excluding hydrogens is 785 g/mol. The number of hydrogen-bond donors (Lipinski definition) is 4. The molecule has 3 aromatic rings. The van der Waals surface area contributed by atoms with Gasteiger partial charge in [0, 0.05) is 52.4 Å². The molecule has 5 atom stereocenters. The number of aromatic nitrogens is 4. The number of allylic oxidation sites excluding steroid dienone is 3. The summed E-state index contributed by atoms with van der Waals surface area (Å²) < 4.78 is 26.5. The Labute approximate surface area is 354 Å². The molecule has 3 aliphatic rings. The number of nitrogens with one attached hydrogen (secondary N) is 2. The van der Waals surface area contributed by atoms with Crippen molar-refractivity contribution in [1.29, 1.82) is 0 Å². The molecular formula is C46H56N4O11. The lowest BCUT2D eigenvalue weighted by atomic mass is 9.60. The molecule has 0 radical (unpaired) electrons. The van der Waals surface area contributed by atoms with Gasteiger partial charge in [0.2, 0.25) is 0 Å². The minimum Gasteiger partial charge on any atom is -0.481 e. The third-order valence-corrected chi connectivity index (χ3v) is 12.4. The second-order valence-corrected chi connectivity index (χ2v) is 15.8. The van der Waals surface area contributed by atoms with E-state index in [-0.39, 0.29) is 82.7 Å². The Balaban J connectivity index is 1.59. The third kappa shape index (κ3) is 9.19. The van der Waals surface area contributed by atoms with E-state index in [1.54, 1.807) is 0 Å². The molecule has 5 heterocycles. The zero-order valence-corrected chi connectivity index (χ0v) is 35.7. The highest BCUT2D eigenvalue weighted by atomic mass is 16.6. The molecule has 0 amide bonds. The monoisotopic (exact) mass is 840 g/mol. The Hall–Kier alpha value is -5.64. The van der Waals surface area contributed by atoms with E-state index in [1.807, 2.05) is 57.2 Å². The van der Waals surface area contributed by atoms with Crippen LogP contribution in [-0.4, -0.2) is 108 Å². The van der Waals surface area contributed by atoms with Gasteiger partial charge in [0.25, 0.3) is 0 Å². The van der Waals surface area contributed by atoms with Crippen LogP contribution in [0.4, 0.5) is 0 Å². The number of aliphatic carboxylic acids is 1. The predicted molar refractivity (Wildman–Crippen MR) is 227 cm³/mol. The number of aliphatic hydroxyl groups excluding tert-OH is 1. The smallest absolute Gasteiger partial charge is 0.311 e. The summed E-state index contributed by atoms with van der Waals surface area (Å²) in [5, 5.41) is 19.5. The van der Waals surface area contributed by atoms with Gasteiger partial charge >= 0.3 is 23.9 Å². The van der Waals surface area contributed by atoms with Gasteiger partial charge in [0.15, 0.2) is 0 Å². The highest BCUT2D eigenvalue weighted by Crippen LogP contribution is 2.54. The van der Waals surface area contributed by atoms with Crippen LogP contribution in [-0.2, 0) is 61.1 Å². The number of methoxy groups -OCH3 is 2. The second kappa shape index (κ2) is 19.4. The van der Waals surface area contributed by atoms with Crippen LogP contribution in [0.25, 0.3) is 27.6 Å². The number of fused-ring (bicyclic) bond motifs is 11. The van der Waals surface area contributed by atoms with Crippen molar-refractivity contribution in [2.75, 3.05) is 53.9 Å². The van der Waals surface area contributed by atoms with Gasteiger partial charge < -0.3 is 43.9 Å². The summed E-state index contributed by atoms with van der Waals surface area (Å²) in [6, 6.07) is 7.76. The van der Waals surface area contributed by atoms with Crippen molar-refractivity contribution in [3.05, 3.63) is 88.0 Å². The maximum Gasteiger partial charge on any atom is 0.311 e. The minimum absolute atomic E-state index is 0.0642. The molecule has 61 heavy (non-hydrogen) atoms. The van der Waals surface area contributed by atoms with E-state index in [0.717, 1.165) is 44.5 Å². The average Bonchev–Trinajstić information content (AvgIpc) is 3.90. The van der Waals surface area contributed by atoms with E-state index in [0.29, 0.717) is 41.0 Å². The van der Waals surface area contributed by atoms with Crippen molar-refractivity contribution < 1.29 is 53.1 Å². The van der Waals surface area contributed by atoms with Gasteiger partial charge in [-0.2, -0.15) is 0 Å². The molecule has 15 heteroatoms. The molecule has 4 N–H and O–H groups in total. The molecule has 2 aliphatic heterocycles. The number of aromatic amines is 2. The minimum atomic E-state index is -1.25. The molecule has 6 rings (SSSR count). The van der Waals surface area contributed by atoms with Crippen LogP contribution in [0.3, 0.4) is 0 Å². The first-order valence-corrected chi connectivity index (χ1v) is 20.6. The molecule has 0 aromatic carbocycles. The lowest BCUT2D eigenvalue weighted by Gasteiger charge is -2.40. The number of ether oxygens (including phenoxy) is 5. The quantitative estimate of drug-likeness (QED) is 0.0545. The van der Waals surface area contributed by atoms with Crippen LogP contribution >= 0.6 is 0 Å². The Bertz CT molecular complexity index is 2380. The molecule has 0 fully saturated rings. The fourth-order valence-corrected chi connectivity index (χ4v) is 8.90. The molecule has 2 unspecified atom stereocenters. The van der Waals surface area contributed by atoms with E-state index >= 15 is 0 Å². The number of hydrogen-bond acceptors (Lipinski definition) is 12. The molecule has 0 saturated heterocycles. The van der Waals surface area contributed by atoms with E-state index in [2.05, 4.69) is 23.5 Å². The number of aryl methyl sites for hydroxylation is 4. The first-order valence-electron chi connectivity index (χ1n) is 20.6. The van der Waals surface area contributed by atoms with Gasteiger partial charge in [-0.15, -0.1) is 6.58 Å². The number of H-pyrrole nitrogens is 2. The molecule has 0 spiro atoms. The number of carbonyl (C=O) groups excluding carboxylic acids is 3. The summed E-state index contributed by atoms with van der Waals surface area (Å²) in [5.74, 6) is -5.13. The zero-order chi connectivity index (χ0) is 44.0. The van der Waals surface area contributed by atoms with Crippen molar-refractivity contribution in [2.24, 2.45) is 11.8 Å². The fourth-order valence-electron chi connectivity index (χ4n) is 8.90. The van der Waals surface area contributed by atoms with Crippen LogP contribution < -0.4 is 0 Å². The third-order valence-electron chi connectivity index (χ3n) is 12.4. The number of carboxylic acid groups (broad SMARTS) is 1. The normalized spacial score (nSPS) is 20.7. The SMILES string of the molecule is C=CC1c2cc3nc(cc4[nH]c(cc5[nH]c(cc(n2)C1C)c(C)c5CCC(=O)OC)c(CCC(=O)OC)c4C)C1=CC[C@@H](C(=O)O)[C@@H](C(=O)OCCOCCOCCO)[C@]13C. The van der Waals surface area contributed by atoms with Crippen molar-refractivity contribution in [2.45, 2.75) is 77.0 Å². The standard InChI is InChI=1S/C46H56N4O11/c1-8-28-25(2)33-21-34-26(3)29(10-13-41(52)57-6)36(47-34)23-37-30(11-14-42(53)58-7)27(4)35(48-37)22-39-32-12-9-31(44(54)55)43(46(32,5)40(50-39)24-38(28)49-33)45(56)61-20-19-60-18-17-59-16-15-51/h8,12,21-25,28,31,43,47-48,51H,1,9-11,13-20H2,2-7H3,(H,54,55)/t25?,28?,31-,43+,46-/m1/s1. The summed E-state index contributed by atoms with van der Waals surface area (Å²) in [6.07, 6.45) is 4.86. The number of nitrogens with zero attached hydrogens (tertiary/aromatic N) is 2. The van der Waals surface area contributed by atoms with Gasteiger partial charge in [-0.1, -0.05) is 19.1 Å². The van der Waals surface area contributed by atoms with Gasteiger partial charge in [0.1, 0.15) is 6.61 Å². The maximum absolute atomic E-state index is 14.3. The van der Waals surface area contributed by atoms with E-state index in [9.17, 15) is 24.3 Å². The summed E-state index contributed by atoms with van der Waals surface area (Å²) >= 11 is 0. The summed E-state index contributed by atoms with van der Waals surface area (Å²) in [6.45, 7) is 12.6. The lowest BCUT2D eigenvalue weighted by molar-refractivity contribution is -0.161. The van der Waals surface area contributed by atoms with E-state index in [4.69, 9.17) is 38.8 Å². The Morgan fingerprint density at radius 2 is 1.43 bits per heavy atom. The van der Waals surface area contributed by atoms with Gasteiger partial charge in [-0.05, 0) is 92.1 Å². The molecule has 326 valence electrons. The number of rotatable bonds is 17. The highest BCUT2D eigenvalue weighted by molar-refractivity contribution is 5.92. The van der Waals surface area contributed by atoms with Crippen LogP contribution in [0.5, 0.6) is 0 Å². The zero-order valence-electron chi connectivity index (χ0n) is 35.7. The van der Waals surface area contributed by atoms with Crippen LogP contribution in [0.1, 0.15) is 90.0 Å². The summed E-state index contributed by atoms with van der Waals surface area (Å²) in [7, 11) is 2.73. The predicted octanol–water partition coefficient (Wildman–Crippen LogP) is 5.85. The van der Waals surface area contributed by atoms with Crippen LogP contribution in [0, 0.1) is 25.7 Å². The Kier molecular flexibility index (Phi) is 14.3. The van der Waals surface area contributed by atoms with Gasteiger partial charge in [-0.25, -0.2) is 0 Å². The van der Waals surface area contributed by atoms with Crippen molar-refractivity contribution >= 4 is 51.5 Å². The van der Waals surface area contributed by atoms with E-state index in [1.165, 1.54) is 14.2 Å². The van der Waals surface area contributed by atoms with Gasteiger partial charge in [0.05, 0.1) is 81.6 Å². The van der Waals surface area contributed by atoms with Gasteiger partial charge in [-0.3, -0.25) is 29.1 Å². The maximum atomic E-state index is 14.3. The second-order valence-electron chi connectivity index (χ2n) is 15.8. The topological polar surface area (TPSA) is 212 Å². The first-order chi connectivity index (χ1) is 29.3. The molecule has 0 saturated carbocycles. The van der Waals surface area contributed by atoms with E-state index < -0.39 is 29.2 Å². The number of aliphatic hydroxyl groups is 1. The average molecular weight is 841 g/mol. The molecule has 15 nitrogen and oxygen atoms in total.